The Labute approximate surface area is 73.5 Å². The van der Waals surface area contributed by atoms with Crippen molar-refractivity contribution in [1.29, 1.82) is 0 Å². The first-order valence-corrected chi connectivity index (χ1v) is 5.43. The Morgan fingerprint density at radius 1 is 1.64 bits per heavy atom. The van der Waals surface area contributed by atoms with Gasteiger partial charge in [0.2, 0.25) is 0 Å². The first-order valence-electron chi connectivity index (χ1n) is 4.28. The molecule has 1 saturated heterocycles. The molecule has 0 aromatic heterocycles. The smallest absolute Gasteiger partial charge is 0.0769 e. The lowest BCUT2D eigenvalue weighted by atomic mass is 10.2. The van der Waals surface area contributed by atoms with Crippen LogP contribution in [0.4, 0.5) is 0 Å². The van der Waals surface area contributed by atoms with Crippen molar-refractivity contribution in [2.24, 2.45) is 0 Å². The average Bonchev–Trinajstić information content (AvgIpc) is 2.47. The lowest BCUT2D eigenvalue weighted by Crippen LogP contribution is -2.32. The average molecular weight is 175 g/mol. The third-order valence-corrected chi connectivity index (χ3v) is 2.66. The molecule has 3 heteroatoms. The van der Waals surface area contributed by atoms with E-state index in [2.05, 4.69) is 11.8 Å². The fourth-order valence-corrected chi connectivity index (χ4v) is 1.94. The van der Waals surface area contributed by atoms with E-state index in [0.29, 0.717) is 6.04 Å². The first-order chi connectivity index (χ1) is 5.38. The molecule has 1 heterocycles. The summed E-state index contributed by atoms with van der Waals surface area (Å²) >= 11 is 1.47. The minimum atomic E-state index is 0.687. The minimum absolute atomic E-state index is 0.687. The van der Waals surface area contributed by atoms with E-state index < -0.39 is 0 Å². The zero-order valence-electron chi connectivity index (χ0n) is 7.38. The van der Waals surface area contributed by atoms with E-state index in [1.807, 2.05) is 6.26 Å². The van der Waals surface area contributed by atoms with Crippen LogP contribution in [0.2, 0.25) is 0 Å². The highest BCUT2D eigenvalue weighted by Crippen LogP contribution is 2.17. The van der Waals surface area contributed by atoms with Crippen LogP contribution in [-0.2, 0) is 4.18 Å². The Morgan fingerprint density at radius 2 is 2.45 bits per heavy atom. The fraction of sp³-hybridized carbons (Fsp3) is 1.00. The van der Waals surface area contributed by atoms with Gasteiger partial charge in [-0.2, -0.15) is 0 Å². The molecule has 11 heavy (non-hydrogen) atoms. The number of nitrogens with zero attached hydrogens (tertiary/aromatic N) is 1. The molecule has 0 aromatic carbocycles. The van der Waals surface area contributed by atoms with E-state index in [4.69, 9.17) is 4.18 Å². The monoisotopic (exact) mass is 175 g/mol. The number of hydrogen-bond donors (Lipinski definition) is 0. The van der Waals surface area contributed by atoms with Crippen molar-refractivity contribution in [1.82, 2.24) is 4.90 Å². The van der Waals surface area contributed by atoms with Crippen molar-refractivity contribution in [2.75, 3.05) is 26.0 Å². The molecule has 0 spiro atoms. The highest BCUT2D eigenvalue weighted by Gasteiger charge is 2.22. The molecule has 66 valence electrons. The van der Waals surface area contributed by atoms with Crippen LogP contribution in [0.3, 0.4) is 0 Å². The van der Waals surface area contributed by atoms with E-state index in [1.165, 1.54) is 38.0 Å². The highest BCUT2D eigenvalue weighted by atomic mass is 32.2. The predicted octanol–water partition coefficient (Wildman–Crippen LogP) is 1.77. The van der Waals surface area contributed by atoms with Crippen molar-refractivity contribution in [3.63, 3.8) is 0 Å². The van der Waals surface area contributed by atoms with Crippen LogP contribution in [0.5, 0.6) is 0 Å². The van der Waals surface area contributed by atoms with Crippen molar-refractivity contribution in [3.05, 3.63) is 0 Å². The van der Waals surface area contributed by atoms with Gasteiger partial charge in [0.15, 0.2) is 0 Å². The van der Waals surface area contributed by atoms with Crippen molar-refractivity contribution < 1.29 is 4.18 Å². The Hall–Kier alpha value is 0.270. The topological polar surface area (TPSA) is 12.5 Å². The molecule has 0 radical (unpaired) electrons. The van der Waals surface area contributed by atoms with E-state index in [9.17, 15) is 0 Å². The lowest BCUT2D eigenvalue weighted by Gasteiger charge is -2.21. The molecule has 1 rings (SSSR count). The highest BCUT2D eigenvalue weighted by molar-refractivity contribution is 7.93. The van der Waals surface area contributed by atoms with Gasteiger partial charge in [-0.1, -0.05) is 6.92 Å². The van der Waals surface area contributed by atoms with E-state index in [-0.39, 0.29) is 0 Å². The molecule has 1 atom stereocenters. The van der Waals surface area contributed by atoms with Crippen LogP contribution in [0.15, 0.2) is 0 Å². The van der Waals surface area contributed by atoms with Gasteiger partial charge in [-0.15, -0.1) is 0 Å². The Balaban J connectivity index is 2.20. The van der Waals surface area contributed by atoms with Gasteiger partial charge in [0.25, 0.3) is 0 Å². The van der Waals surface area contributed by atoms with Crippen molar-refractivity contribution in [2.45, 2.75) is 25.8 Å². The molecule has 2 nitrogen and oxygen atoms in total. The summed E-state index contributed by atoms with van der Waals surface area (Å²) in [6, 6.07) is 0.687. The minimum Gasteiger partial charge on any atom is -0.314 e. The molecule has 0 saturated carbocycles. The summed E-state index contributed by atoms with van der Waals surface area (Å²) in [7, 11) is 0. The van der Waals surface area contributed by atoms with Gasteiger partial charge in [-0.3, -0.25) is 4.90 Å². The van der Waals surface area contributed by atoms with E-state index >= 15 is 0 Å². The van der Waals surface area contributed by atoms with Crippen LogP contribution < -0.4 is 0 Å². The van der Waals surface area contributed by atoms with Gasteiger partial charge in [0.1, 0.15) is 0 Å². The van der Waals surface area contributed by atoms with Gasteiger partial charge < -0.3 is 4.18 Å². The molecular formula is C8H17NOS. The maximum Gasteiger partial charge on any atom is 0.0769 e. The predicted molar refractivity (Wildman–Crippen MR) is 49.7 cm³/mol. The standard InChI is InChI=1S/C8H17NOS/c1-3-9-6-4-5-8(9)7-10-11-2/h8H,3-7H2,1-2H3/t8-/m0/s1. The van der Waals surface area contributed by atoms with Crippen molar-refractivity contribution in [3.8, 4) is 0 Å². The second-order valence-electron chi connectivity index (χ2n) is 2.88. The van der Waals surface area contributed by atoms with Crippen LogP contribution in [-0.4, -0.2) is 36.9 Å². The zero-order valence-corrected chi connectivity index (χ0v) is 8.19. The fourth-order valence-electron chi connectivity index (χ4n) is 1.65. The summed E-state index contributed by atoms with van der Waals surface area (Å²) < 4.78 is 5.32. The van der Waals surface area contributed by atoms with E-state index in [0.717, 1.165) is 6.61 Å². The van der Waals surface area contributed by atoms with Crippen LogP contribution in [0.1, 0.15) is 19.8 Å². The number of hydrogen-bond acceptors (Lipinski definition) is 3. The molecule has 1 aliphatic rings. The number of rotatable bonds is 4. The summed E-state index contributed by atoms with van der Waals surface area (Å²) in [5.74, 6) is 0. The normalized spacial score (nSPS) is 26.2. The molecule has 1 fully saturated rings. The van der Waals surface area contributed by atoms with Crippen molar-refractivity contribution >= 4 is 12.0 Å². The summed E-state index contributed by atoms with van der Waals surface area (Å²) in [5, 5.41) is 0. The molecule has 0 aromatic rings. The summed E-state index contributed by atoms with van der Waals surface area (Å²) in [5.41, 5.74) is 0. The third-order valence-electron chi connectivity index (χ3n) is 2.28. The lowest BCUT2D eigenvalue weighted by molar-refractivity contribution is 0.196. The van der Waals surface area contributed by atoms with Crippen LogP contribution >= 0.6 is 12.0 Å². The second-order valence-corrected chi connectivity index (χ2v) is 3.44. The van der Waals surface area contributed by atoms with E-state index in [1.54, 1.807) is 0 Å². The van der Waals surface area contributed by atoms with Gasteiger partial charge in [0.05, 0.1) is 6.61 Å². The summed E-state index contributed by atoms with van der Waals surface area (Å²) in [6.45, 7) is 5.55. The Morgan fingerprint density at radius 3 is 3.09 bits per heavy atom. The molecule has 1 aliphatic heterocycles. The SMILES string of the molecule is CCN1CCC[C@H]1COSC. The Bertz CT molecular complexity index is 110. The van der Waals surface area contributed by atoms with Crippen LogP contribution in [0.25, 0.3) is 0 Å². The molecule has 0 amide bonds. The first kappa shape index (κ1) is 9.36. The Kier molecular flexibility index (Phi) is 4.26. The second kappa shape index (κ2) is 5.01. The van der Waals surface area contributed by atoms with Gasteiger partial charge in [-0.25, -0.2) is 0 Å². The summed E-state index contributed by atoms with van der Waals surface area (Å²) in [6.07, 6.45) is 4.63. The van der Waals surface area contributed by atoms with Gasteiger partial charge >= 0.3 is 0 Å². The largest absolute Gasteiger partial charge is 0.314 e. The maximum atomic E-state index is 5.32. The van der Waals surface area contributed by atoms with Crippen LogP contribution in [0, 0.1) is 0 Å². The molecule has 0 unspecified atom stereocenters. The maximum absolute atomic E-state index is 5.32. The van der Waals surface area contributed by atoms with Gasteiger partial charge in [-0.05, 0) is 38.0 Å². The summed E-state index contributed by atoms with van der Waals surface area (Å²) in [4.78, 5) is 2.50. The number of likely N-dealkylation sites (N-methyl/N-ethyl adjacent to an activating group) is 1. The molecular weight excluding hydrogens is 158 g/mol. The molecule has 0 aliphatic carbocycles. The third kappa shape index (κ3) is 2.65. The quantitative estimate of drug-likeness (QED) is 0.604. The zero-order chi connectivity index (χ0) is 8.10. The molecule has 0 N–H and O–H groups in total. The molecule has 0 bridgehead atoms. The number of likely N-dealkylation sites (tertiary alicyclic amines) is 1. The van der Waals surface area contributed by atoms with Gasteiger partial charge in [0, 0.05) is 12.3 Å².